The molecule has 5 rings (SSSR count). The van der Waals surface area contributed by atoms with Gasteiger partial charge in [-0.3, -0.25) is 57.5 Å². The number of benzene rings is 2. The lowest BCUT2D eigenvalue weighted by atomic mass is 9.91. The first-order chi connectivity index (χ1) is 52.8. The van der Waals surface area contributed by atoms with Gasteiger partial charge in [0.15, 0.2) is 6.23 Å². The Balaban J connectivity index is 1.46. The van der Waals surface area contributed by atoms with Crippen LogP contribution in [0.3, 0.4) is 0 Å². The van der Waals surface area contributed by atoms with Gasteiger partial charge in [-0.15, -0.1) is 0 Å². The largest absolute Gasteiger partial charge is 0.508 e. The van der Waals surface area contributed by atoms with Crippen molar-refractivity contribution in [2.75, 3.05) is 51.3 Å². The Hall–Kier alpha value is -8.13. The lowest BCUT2D eigenvalue weighted by Crippen LogP contribution is -2.64. The quantitative estimate of drug-likeness (QED) is 0.0251. The molecule has 19 atom stereocenters. The van der Waals surface area contributed by atoms with Crippen LogP contribution in [0.25, 0.3) is 0 Å². The Morgan fingerprint density at radius 2 is 1.30 bits per heavy atom. The zero-order valence-electron chi connectivity index (χ0n) is 64.8. The summed E-state index contributed by atoms with van der Waals surface area (Å²) in [7, 11) is 0. The number of fused-ring (bicyclic) bond motifs is 2. The van der Waals surface area contributed by atoms with E-state index < -0.39 is 214 Å². The molecule has 35 heteroatoms. The number of aliphatic hydroxyl groups excluding tert-OH is 7. The predicted octanol–water partition coefficient (Wildman–Crippen LogP) is -2.10. The van der Waals surface area contributed by atoms with Crippen LogP contribution in [0.4, 0.5) is 0 Å². The molecule has 0 bridgehead atoms. The highest BCUT2D eigenvalue weighted by Gasteiger charge is 2.49. The zero-order valence-corrected chi connectivity index (χ0v) is 65.6. The Kier molecular flexibility index (Phi) is 40.5. The Bertz CT molecular complexity index is 3310. The minimum atomic E-state index is -2.42. The van der Waals surface area contributed by atoms with Crippen molar-refractivity contribution < 1.29 is 103 Å². The lowest BCUT2D eigenvalue weighted by molar-refractivity contribution is -0.150. The van der Waals surface area contributed by atoms with E-state index in [4.69, 9.17) is 10.5 Å². The average Bonchev–Trinajstić information content (AvgIpc) is 1.71. The predicted molar refractivity (Wildman–Crippen MR) is 409 cm³/mol. The van der Waals surface area contributed by atoms with E-state index in [0.29, 0.717) is 42.4 Å². The van der Waals surface area contributed by atoms with Gasteiger partial charge in [0.2, 0.25) is 71.4 Å². The van der Waals surface area contributed by atoms with Gasteiger partial charge in [-0.2, -0.15) is 11.8 Å². The molecule has 3 fully saturated rings. The normalized spacial score (nSPS) is 24.1. The SMILES string of the molecule is CC[C@H](C)C[C@H](C)CCCCCCCCC(=O)N[C@H]1C[C@@H](O)[C@@H](OCCN)NC(=O)[C@@H]2[C@@H](O)CCN2C(=O)[C@H]([C@H](O)CCNC(=O)CCNC(=O)[C@H](Cc2ccccc2)NC(=O)[C@H](CC(C)C)NC(=O)[C@H](CCSC)NC=O)NC(=O)[C@H]([C@H](O)[C@@H](O)c2ccc(O)cc2)NC(=O)[C@@H]2C[C@@H](O)CN2C(=O)[C@H]([C@@H](C)O)NC1=O. The molecule has 3 aliphatic heterocycles. The average molecular weight is 1580 g/mol. The molecule has 0 spiro atoms. The van der Waals surface area contributed by atoms with Crippen LogP contribution in [0, 0.1) is 17.8 Å². The van der Waals surface area contributed by atoms with Gasteiger partial charge >= 0.3 is 0 Å². The monoisotopic (exact) mass is 1580 g/mol. The van der Waals surface area contributed by atoms with E-state index in [2.05, 4.69) is 73.9 Å². The van der Waals surface area contributed by atoms with Crippen molar-refractivity contribution in [1.29, 1.82) is 0 Å². The van der Waals surface area contributed by atoms with Gasteiger partial charge in [-0.05, 0) is 98.5 Å². The molecule has 0 radical (unpaired) electrons. The highest BCUT2D eigenvalue weighted by atomic mass is 32.2. The Labute approximate surface area is 653 Å². The minimum Gasteiger partial charge on any atom is -0.508 e. The topological polar surface area (TPSA) is 529 Å². The minimum absolute atomic E-state index is 0.0258. The molecule has 0 aliphatic carbocycles. The molecular formula is C76H121N13O21S. The van der Waals surface area contributed by atoms with Crippen molar-refractivity contribution in [2.45, 2.75) is 260 Å². The molecule has 12 amide bonds. The van der Waals surface area contributed by atoms with Crippen LogP contribution < -0.4 is 58.9 Å². The maximum absolute atomic E-state index is 15.3. The summed E-state index contributed by atoms with van der Waals surface area (Å²) < 4.78 is 5.81. The fraction of sp³-hybridized carbons (Fsp3) is 0.684. The highest BCUT2D eigenvalue weighted by molar-refractivity contribution is 7.98. The van der Waals surface area contributed by atoms with Crippen molar-refractivity contribution in [1.82, 2.24) is 63.0 Å². The number of aromatic hydroxyl groups is 1. The first-order valence-electron chi connectivity index (χ1n) is 38.7. The molecule has 0 aromatic heterocycles. The zero-order chi connectivity index (χ0) is 82.0. The number of nitrogens with zero attached hydrogens (tertiary/aromatic N) is 2. The third-order valence-corrected chi connectivity index (χ3v) is 20.8. The Morgan fingerprint density at radius 1 is 0.658 bits per heavy atom. The Morgan fingerprint density at radius 3 is 1.95 bits per heavy atom. The first kappa shape index (κ1) is 93.5. The summed E-state index contributed by atoms with van der Waals surface area (Å²) in [5.41, 5.74) is 6.32. The number of phenols is 1. The number of nitrogens with two attached hydrogens (primary N) is 1. The maximum atomic E-state index is 15.3. The number of thioether (sulfide) groups is 1. The maximum Gasteiger partial charge on any atom is 0.248 e. The van der Waals surface area contributed by atoms with E-state index in [1.54, 1.807) is 30.3 Å². The van der Waals surface area contributed by atoms with E-state index in [0.717, 1.165) is 85.9 Å². The summed E-state index contributed by atoms with van der Waals surface area (Å²) in [5, 5.41) is 117. The van der Waals surface area contributed by atoms with Gasteiger partial charge in [-0.1, -0.05) is 122 Å². The molecular weight excluding hydrogens is 1460 g/mol. The van der Waals surface area contributed by atoms with E-state index in [1.807, 2.05) is 20.1 Å². The summed E-state index contributed by atoms with van der Waals surface area (Å²) in [4.78, 5) is 171. The van der Waals surface area contributed by atoms with Crippen molar-refractivity contribution in [3.63, 3.8) is 0 Å². The van der Waals surface area contributed by atoms with Gasteiger partial charge in [-0.25, -0.2) is 0 Å². The number of aliphatic hydroxyl groups is 7. The number of hydrogen-bond acceptors (Lipinski definition) is 23. The van der Waals surface area contributed by atoms with Gasteiger partial charge in [0.1, 0.15) is 78.4 Å². The van der Waals surface area contributed by atoms with Crippen LogP contribution in [0.1, 0.15) is 168 Å². The number of hydrogen-bond donors (Lipinski definition) is 19. The van der Waals surface area contributed by atoms with E-state index in [1.165, 1.54) is 11.8 Å². The van der Waals surface area contributed by atoms with Gasteiger partial charge in [0.25, 0.3) is 0 Å². The summed E-state index contributed by atoms with van der Waals surface area (Å²) in [5.74, 6) is -9.70. The molecule has 622 valence electrons. The number of phenolic OH excluding ortho intramolecular Hbond substituents is 1. The van der Waals surface area contributed by atoms with Crippen LogP contribution >= 0.6 is 11.8 Å². The molecule has 0 saturated carbocycles. The molecule has 111 heavy (non-hydrogen) atoms. The lowest BCUT2D eigenvalue weighted by Gasteiger charge is -2.35. The van der Waals surface area contributed by atoms with Gasteiger partial charge in [0.05, 0.1) is 31.0 Å². The molecule has 20 N–H and O–H groups in total. The molecule has 3 aliphatic rings. The third-order valence-electron chi connectivity index (χ3n) is 20.2. The first-order valence-corrected chi connectivity index (χ1v) is 40.1. The van der Waals surface area contributed by atoms with Crippen LogP contribution in [0.2, 0.25) is 0 Å². The number of nitrogens with one attached hydrogen (secondary N) is 10. The van der Waals surface area contributed by atoms with Gasteiger partial charge < -0.3 is 114 Å². The number of unbranched alkanes of at least 4 members (excludes halogenated alkanes) is 5. The number of amides is 12. The highest BCUT2D eigenvalue weighted by Crippen LogP contribution is 2.28. The standard InChI is InChI=1S/C76H121N13O21S/c1-8-44(4)37-45(5)18-14-11-9-10-12-17-21-60(98)81-54-40-58(96)74(110-34-30-77)87-73(107)64-57(95)28-33-88(64)76(109)62(85-72(106)63(66(100)65(99)48-22-24-49(92)25-23-48)86-71(105)55-39-50(93)41-89(55)75(108)61(46(6)91)84-70(54)104)56(94)26-31-78-59(97)27-32-79-67(101)53(38-47-19-15-13-16-20-47)83-69(103)52(36-43(2)3)82-68(102)51(80-42-90)29-35-111-7/h13,15-16,19-20,22-25,42-46,50-58,61-66,74,91-96,99-100H,8-12,14,17-18,21,26-41,77H2,1-7H3,(H,78,97)(H,79,101)(H,80,90)(H,81,98)(H,82,102)(H,83,103)(H,84,104)(H,85,106)(H,86,105)(H,87,107)/t44-,45+,46+,50+,51-,52-,53-,54-,55-,56+,57-,58+,61-,62-,63-,64-,65-,66-,74+/m0/s1. The molecule has 0 unspecified atom stereocenters. The van der Waals surface area contributed by atoms with Crippen molar-refractivity contribution in [3.05, 3.63) is 65.7 Å². The smallest absolute Gasteiger partial charge is 0.248 e. The second-order valence-electron chi connectivity index (χ2n) is 29.8. The third kappa shape index (κ3) is 30.4. The molecule has 3 saturated heterocycles. The number of carbonyl (C=O) groups is 12. The van der Waals surface area contributed by atoms with Crippen molar-refractivity contribution in [3.8, 4) is 5.75 Å². The van der Waals surface area contributed by atoms with E-state index in [-0.39, 0.29) is 69.0 Å². The summed E-state index contributed by atoms with van der Waals surface area (Å²) in [6, 6.07) is -2.19. The van der Waals surface area contributed by atoms with Crippen LogP contribution in [-0.2, 0) is 68.7 Å². The summed E-state index contributed by atoms with van der Waals surface area (Å²) in [6.07, 6.45) is -7.35. The van der Waals surface area contributed by atoms with Gasteiger partial charge in [0, 0.05) is 64.8 Å². The van der Waals surface area contributed by atoms with Crippen molar-refractivity contribution >= 4 is 83.2 Å². The summed E-state index contributed by atoms with van der Waals surface area (Å²) >= 11 is 1.46. The second-order valence-corrected chi connectivity index (χ2v) is 30.8. The number of rotatable bonds is 41. The number of ether oxygens (including phenoxy) is 1. The summed E-state index contributed by atoms with van der Waals surface area (Å²) in [6.45, 7) is 8.98. The van der Waals surface area contributed by atoms with Crippen LogP contribution in [0.15, 0.2) is 54.6 Å². The second kappa shape index (κ2) is 48.1. The fourth-order valence-corrected chi connectivity index (χ4v) is 14.2. The van der Waals surface area contributed by atoms with E-state index >= 15 is 9.59 Å². The fourth-order valence-electron chi connectivity index (χ4n) is 13.8. The van der Waals surface area contributed by atoms with Crippen LogP contribution in [-0.4, -0.2) is 271 Å². The molecule has 2 aromatic carbocycles. The molecule has 2 aromatic rings. The van der Waals surface area contributed by atoms with Crippen LogP contribution in [0.5, 0.6) is 5.75 Å². The van der Waals surface area contributed by atoms with E-state index in [9.17, 15) is 88.8 Å². The van der Waals surface area contributed by atoms with Crippen molar-refractivity contribution in [2.24, 2.45) is 23.5 Å². The molecule has 3 heterocycles. The number of carbonyl (C=O) groups excluding carboxylic acids is 12. The molecule has 34 nitrogen and oxygen atoms in total.